The lowest BCUT2D eigenvalue weighted by Crippen LogP contribution is -2.27. The maximum Gasteiger partial charge on any atom is 0.272 e. The van der Waals surface area contributed by atoms with E-state index >= 15 is 0 Å². The first kappa shape index (κ1) is 13.8. The van der Waals surface area contributed by atoms with Crippen molar-refractivity contribution in [1.29, 1.82) is 0 Å². The van der Waals surface area contributed by atoms with Crippen LogP contribution in [0.2, 0.25) is 0 Å². The third kappa shape index (κ3) is 2.68. The van der Waals surface area contributed by atoms with Crippen molar-refractivity contribution in [3.05, 3.63) is 47.6 Å². The fourth-order valence-corrected chi connectivity index (χ4v) is 2.88. The van der Waals surface area contributed by atoms with E-state index in [1.807, 2.05) is 46.3 Å². The lowest BCUT2D eigenvalue weighted by Gasteiger charge is -2.05. The Labute approximate surface area is 126 Å². The molecule has 0 bridgehead atoms. The second-order valence-electron chi connectivity index (χ2n) is 4.48. The minimum absolute atomic E-state index is 0.179. The monoisotopic (exact) mass is 301 g/mol. The SMILES string of the molecule is COCCNC(=O)c1nc2sccn2c1-c1ccccc1. The molecule has 3 aromatic rings. The molecule has 0 saturated heterocycles. The number of imidazole rings is 1. The highest BCUT2D eigenvalue weighted by atomic mass is 32.1. The second kappa shape index (κ2) is 6.07. The van der Waals surface area contributed by atoms with Crippen LogP contribution in [0.4, 0.5) is 0 Å². The normalized spacial score (nSPS) is 10.9. The second-order valence-corrected chi connectivity index (χ2v) is 5.35. The molecule has 108 valence electrons. The minimum atomic E-state index is -0.179. The summed E-state index contributed by atoms with van der Waals surface area (Å²) in [6, 6.07) is 9.81. The van der Waals surface area contributed by atoms with Gasteiger partial charge in [0.25, 0.3) is 5.91 Å². The maximum absolute atomic E-state index is 12.3. The number of ether oxygens (including phenoxy) is 1. The molecule has 1 N–H and O–H groups in total. The Hall–Kier alpha value is -2.18. The molecule has 0 unspecified atom stereocenters. The number of hydrogen-bond acceptors (Lipinski definition) is 4. The Morgan fingerprint density at radius 2 is 2.19 bits per heavy atom. The zero-order valence-corrected chi connectivity index (χ0v) is 12.4. The van der Waals surface area contributed by atoms with Crippen LogP contribution in [0.5, 0.6) is 0 Å². The highest BCUT2D eigenvalue weighted by Crippen LogP contribution is 2.27. The molecular formula is C15H15N3O2S. The van der Waals surface area contributed by atoms with Crippen LogP contribution in [0, 0.1) is 0 Å². The Morgan fingerprint density at radius 1 is 1.38 bits per heavy atom. The Morgan fingerprint density at radius 3 is 2.95 bits per heavy atom. The van der Waals surface area contributed by atoms with Crippen molar-refractivity contribution in [2.75, 3.05) is 20.3 Å². The van der Waals surface area contributed by atoms with Gasteiger partial charge in [-0.1, -0.05) is 30.3 Å². The van der Waals surface area contributed by atoms with E-state index in [4.69, 9.17) is 4.74 Å². The summed E-state index contributed by atoms with van der Waals surface area (Å²) in [5.41, 5.74) is 2.24. The largest absolute Gasteiger partial charge is 0.383 e. The van der Waals surface area contributed by atoms with Crippen molar-refractivity contribution in [3.63, 3.8) is 0 Å². The number of benzene rings is 1. The van der Waals surface area contributed by atoms with Crippen LogP contribution in [0.3, 0.4) is 0 Å². The molecule has 2 heterocycles. The van der Waals surface area contributed by atoms with E-state index in [1.54, 1.807) is 7.11 Å². The van der Waals surface area contributed by atoms with E-state index in [0.717, 1.165) is 16.2 Å². The zero-order chi connectivity index (χ0) is 14.7. The number of carbonyl (C=O) groups is 1. The number of aromatic nitrogens is 2. The van der Waals surface area contributed by atoms with Gasteiger partial charge in [-0.3, -0.25) is 9.20 Å². The summed E-state index contributed by atoms with van der Waals surface area (Å²) in [7, 11) is 1.61. The van der Waals surface area contributed by atoms with E-state index in [2.05, 4.69) is 10.3 Å². The van der Waals surface area contributed by atoms with Crippen LogP contribution < -0.4 is 5.32 Å². The number of thiazole rings is 1. The molecule has 0 spiro atoms. The Bertz CT molecular complexity index is 749. The van der Waals surface area contributed by atoms with Crippen molar-refractivity contribution >= 4 is 22.2 Å². The summed E-state index contributed by atoms with van der Waals surface area (Å²) < 4.78 is 6.90. The van der Waals surface area contributed by atoms with Gasteiger partial charge in [-0.15, -0.1) is 11.3 Å². The number of nitrogens with zero attached hydrogens (tertiary/aromatic N) is 2. The topological polar surface area (TPSA) is 55.6 Å². The summed E-state index contributed by atoms with van der Waals surface area (Å²) >= 11 is 1.51. The first-order chi connectivity index (χ1) is 10.3. The van der Waals surface area contributed by atoms with Gasteiger partial charge in [0.2, 0.25) is 0 Å². The third-order valence-electron chi connectivity index (χ3n) is 3.12. The first-order valence-corrected chi connectivity index (χ1v) is 7.47. The summed E-state index contributed by atoms with van der Waals surface area (Å²) in [6.07, 6.45) is 1.93. The fourth-order valence-electron chi connectivity index (χ4n) is 2.17. The molecule has 2 aromatic heterocycles. The molecule has 0 aliphatic carbocycles. The van der Waals surface area contributed by atoms with Gasteiger partial charge in [0.1, 0.15) is 0 Å². The first-order valence-electron chi connectivity index (χ1n) is 6.59. The smallest absolute Gasteiger partial charge is 0.272 e. The molecule has 3 rings (SSSR count). The summed E-state index contributed by atoms with van der Waals surface area (Å²) in [5, 5.41) is 4.79. The van der Waals surface area contributed by atoms with E-state index in [9.17, 15) is 4.79 Å². The lowest BCUT2D eigenvalue weighted by molar-refractivity contribution is 0.0933. The van der Waals surface area contributed by atoms with Crippen LogP contribution >= 0.6 is 11.3 Å². The number of nitrogens with one attached hydrogen (secondary N) is 1. The molecule has 0 radical (unpaired) electrons. The number of carbonyl (C=O) groups excluding carboxylic acids is 1. The van der Waals surface area contributed by atoms with E-state index < -0.39 is 0 Å². The van der Waals surface area contributed by atoms with Crippen molar-refractivity contribution in [3.8, 4) is 11.3 Å². The number of methoxy groups -OCH3 is 1. The van der Waals surface area contributed by atoms with Gasteiger partial charge in [0.15, 0.2) is 10.7 Å². The molecule has 6 heteroatoms. The van der Waals surface area contributed by atoms with Crippen LogP contribution in [-0.4, -0.2) is 35.6 Å². The van der Waals surface area contributed by atoms with Crippen molar-refractivity contribution < 1.29 is 9.53 Å². The van der Waals surface area contributed by atoms with Gasteiger partial charge in [0, 0.05) is 30.8 Å². The van der Waals surface area contributed by atoms with E-state index in [1.165, 1.54) is 11.3 Å². The third-order valence-corrected chi connectivity index (χ3v) is 3.87. The van der Waals surface area contributed by atoms with Gasteiger partial charge in [0.05, 0.1) is 12.3 Å². The van der Waals surface area contributed by atoms with Crippen molar-refractivity contribution in [2.24, 2.45) is 0 Å². The summed E-state index contributed by atoms with van der Waals surface area (Å²) in [6.45, 7) is 0.948. The molecule has 0 saturated carbocycles. The van der Waals surface area contributed by atoms with Crippen molar-refractivity contribution in [1.82, 2.24) is 14.7 Å². The van der Waals surface area contributed by atoms with E-state index in [-0.39, 0.29) is 5.91 Å². The Kier molecular flexibility index (Phi) is 3.98. The van der Waals surface area contributed by atoms with Crippen LogP contribution in [0.1, 0.15) is 10.5 Å². The average molecular weight is 301 g/mol. The summed E-state index contributed by atoms with van der Waals surface area (Å²) in [4.78, 5) is 17.6. The van der Waals surface area contributed by atoms with Crippen molar-refractivity contribution in [2.45, 2.75) is 0 Å². The number of rotatable bonds is 5. The van der Waals surface area contributed by atoms with Gasteiger partial charge in [-0.2, -0.15) is 0 Å². The summed E-state index contributed by atoms with van der Waals surface area (Å²) in [5.74, 6) is -0.179. The number of amides is 1. The molecule has 0 aliphatic rings. The highest BCUT2D eigenvalue weighted by Gasteiger charge is 2.20. The standard InChI is InChI=1S/C15H15N3O2S/c1-20-9-7-16-14(19)12-13(11-5-3-2-4-6-11)18-8-10-21-15(18)17-12/h2-6,8,10H,7,9H2,1H3,(H,16,19). The molecule has 1 aromatic carbocycles. The maximum atomic E-state index is 12.3. The number of fused-ring (bicyclic) bond motifs is 1. The average Bonchev–Trinajstić information content (AvgIpc) is 3.08. The predicted molar refractivity (Wildman–Crippen MR) is 82.7 cm³/mol. The molecule has 0 aliphatic heterocycles. The molecule has 5 nitrogen and oxygen atoms in total. The molecule has 0 atom stereocenters. The lowest BCUT2D eigenvalue weighted by atomic mass is 10.1. The quantitative estimate of drug-likeness (QED) is 0.736. The zero-order valence-electron chi connectivity index (χ0n) is 11.6. The van der Waals surface area contributed by atoms with Gasteiger partial charge in [-0.05, 0) is 0 Å². The molecule has 1 amide bonds. The van der Waals surface area contributed by atoms with E-state index in [0.29, 0.717) is 18.8 Å². The molecular weight excluding hydrogens is 286 g/mol. The van der Waals surface area contributed by atoms with Crippen LogP contribution in [0.25, 0.3) is 16.2 Å². The molecule has 21 heavy (non-hydrogen) atoms. The van der Waals surface area contributed by atoms with Crippen LogP contribution in [-0.2, 0) is 4.74 Å². The van der Waals surface area contributed by atoms with Gasteiger partial charge in [-0.25, -0.2) is 4.98 Å². The molecule has 0 fully saturated rings. The predicted octanol–water partition coefficient (Wildman–Crippen LogP) is 2.44. The minimum Gasteiger partial charge on any atom is -0.383 e. The fraction of sp³-hybridized carbons (Fsp3) is 0.200. The van der Waals surface area contributed by atoms with Crippen LogP contribution in [0.15, 0.2) is 41.9 Å². The highest BCUT2D eigenvalue weighted by molar-refractivity contribution is 7.15. The number of hydrogen-bond donors (Lipinski definition) is 1. The van der Waals surface area contributed by atoms with Gasteiger partial charge < -0.3 is 10.1 Å². The Balaban J connectivity index is 2.02. The van der Waals surface area contributed by atoms with Gasteiger partial charge >= 0.3 is 0 Å².